The molecule has 33 heavy (non-hydrogen) atoms. The van der Waals surface area contributed by atoms with Gasteiger partial charge in [0.05, 0.1) is 18.9 Å². The molecule has 4 aromatic rings. The molecule has 166 valence electrons. The van der Waals surface area contributed by atoms with E-state index in [-0.39, 0.29) is 24.4 Å². The number of imidazole rings is 1. The van der Waals surface area contributed by atoms with Crippen LogP contribution in [0.5, 0.6) is 11.5 Å². The van der Waals surface area contributed by atoms with Crippen LogP contribution in [0.3, 0.4) is 0 Å². The number of nitrogens with zero attached hydrogens (tertiary/aromatic N) is 2. The molecule has 0 aliphatic carbocycles. The first-order valence-electron chi connectivity index (χ1n) is 10.6. The number of ether oxygens (including phenoxy) is 1. The summed E-state index contributed by atoms with van der Waals surface area (Å²) in [5.41, 5.74) is 2.40. The van der Waals surface area contributed by atoms with Crippen LogP contribution in [0.1, 0.15) is 28.9 Å². The number of rotatable bonds is 8. The first-order chi connectivity index (χ1) is 16.1. The molecule has 7 nitrogen and oxygen atoms in total. The monoisotopic (exact) mass is 440 g/mol. The number of amides is 2. The lowest BCUT2D eigenvalue weighted by Gasteiger charge is -2.15. The van der Waals surface area contributed by atoms with Gasteiger partial charge in [-0.1, -0.05) is 30.3 Å². The molecule has 0 bridgehead atoms. The minimum Gasteiger partial charge on any atom is -0.457 e. The van der Waals surface area contributed by atoms with Gasteiger partial charge in [0, 0.05) is 23.6 Å². The highest BCUT2D eigenvalue weighted by Crippen LogP contribution is 2.21. The van der Waals surface area contributed by atoms with Crippen molar-refractivity contribution in [3.05, 3.63) is 109 Å². The number of hydrogen-bond acceptors (Lipinski definition) is 4. The summed E-state index contributed by atoms with van der Waals surface area (Å²) in [6.45, 7) is 1.79. The second-order valence-corrected chi connectivity index (χ2v) is 7.47. The molecule has 1 aromatic heterocycles. The number of hydrogen-bond donors (Lipinski definition) is 2. The van der Waals surface area contributed by atoms with E-state index in [1.807, 2.05) is 72.3 Å². The van der Waals surface area contributed by atoms with Crippen molar-refractivity contribution in [3.63, 3.8) is 0 Å². The number of carbonyl (C=O) groups excluding carboxylic acids is 2. The Kier molecular flexibility index (Phi) is 6.80. The lowest BCUT2D eigenvalue weighted by atomic mass is 10.1. The van der Waals surface area contributed by atoms with Crippen LogP contribution >= 0.6 is 0 Å². The molecular formula is C26H24N4O3. The quantitative estimate of drug-likeness (QED) is 0.428. The summed E-state index contributed by atoms with van der Waals surface area (Å²) in [5.74, 6) is 0.757. The molecule has 0 saturated carbocycles. The summed E-state index contributed by atoms with van der Waals surface area (Å²) in [6.07, 6.45) is 5.32. The standard InChI is InChI=1S/C26H24N4O3/c1-19(20-7-11-22(12-8-20)30-16-15-27-18-30)29-25(31)17-28-26(32)21-9-13-24(14-10-21)33-23-5-3-2-4-6-23/h2-16,18-19H,17H2,1H3,(H,28,32)(H,29,31)/t19-/m1/s1. The van der Waals surface area contributed by atoms with E-state index in [0.717, 1.165) is 17.0 Å². The highest BCUT2D eigenvalue weighted by molar-refractivity contribution is 5.96. The van der Waals surface area contributed by atoms with Gasteiger partial charge < -0.3 is 19.9 Å². The Bertz CT molecular complexity index is 1190. The van der Waals surface area contributed by atoms with E-state index in [1.165, 1.54) is 0 Å². The van der Waals surface area contributed by atoms with Gasteiger partial charge in [-0.3, -0.25) is 9.59 Å². The van der Waals surface area contributed by atoms with Gasteiger partial charge in [-0.05, 0) is 61.0 Å². The minimum atomic E-state index is -0.325. The number of nitrogens with one attached hydrogen (secondary N) is 2. The lowest BCUT2D eigenvalue weighted by molar-refractivity contribution is -0.120. The summed E-state index contributed by atoms with van der Waals surface area (Å²) >= 11 is 0. The van der Waals surface area contributed by atoms with Crippen LogP contribution in [0.2, 0.25) is 0 Å². The first-order valence-corrected chi connectivity index (χ1v) is 10.6. The molecule has 0 aliphatic heterocycles. The summed E-state index contributed by atoms with van der Waals surface area (Å²) in [5, 5.41) is 5.55. The van der Waals surface area contributed by atoms with Crippen molar-refractivity contribution in [2.24, 2.45) is 0 Å². The maximum atomic E-state index is 12.4. The van der Waals surface area contributed by atoms with Crippen LogP contribution < -0.4 is 15.4 Å². The van der Waals surface area contributed by atoms with Crippen molar-refractivity contribution in [2.45, 2.75) is 13.0 Å². The van der Waals surface area contributed by atoms with E-state index in [4.69, 9.17) is 4.74 Å². The molecule has 0 radical (unpaired) electrons. The molecule has 0 fully saturated rings. The molecule has 1 heterocycles. The van der Waals surface area contributed by atoms with Crippen LogP contribution in [0.25, 0.3) is 5.69 Å². The van der Waals surface area contributed by atoms with E-state index >= 15 is 0 Å². The minimum absolute atomic E-state index is 0.113. The Balaban J connectivity index is 1.25. The maximum Gasteiger partial charge on any atom is 0.251 e. The van der Waals surface area contributed by atoms with Crippen LogP contribution in [-0.2, 0) is 4.79 Å². The average molecular weight is 441 g/mol. The molecule has 4 rings (SSSR count). The normalized spacial score (nSPS) is 11.4. The molecule has 0 unspecified atom stereocenters. The molecule has 2 N–H and O–H groups in total. The van der Waals surface area contributed by atoms with Gasteiger partial charge in [-0.2, -0.15) is 0 Å². The second-order valence-electron chi connectivity index (χ2n) is 7.47. The van der Waals surface area contributed by atoms with Gasteiger partial charge >= 0.3 is 0 Å². The van der Waals surface area contributed by atoms with E-state index in [2.05, 4.69) is 15.6 Å². The Hall–Kier alpha value is -4.39. The second kappa shape index (κ2) is 10.3. The van der Waals surface area contributed by atoms with Crippen molar-refractivity contribution >= 4 is 11.8 Å². The van der Waals surface area contributed by atoms with E-state index in [9.17, 15) is 9.59 Å². The molecule has 0 aliphatic rings. The highest BCUT2D eigenvalue weighted by Gasteiger charge is 2.12. The van der Waals surface area contributed by atoms with Crippen molar-refractivity contribution in [1.29, 1.82) is 0 Å². The molecule has 7 heteroatoms. The van der Waals surface area contributed by atoms with E-state index in [0.29, 0.717) is 11.3 Å². The molecule has 0 spiro atoms. The molecular weight excluding hydrogens is 416 g/mol. The third kappa shape index (κ3) is 5.86. The summed E-state index contributed by atoms with van der Waals surface area (Å²) in [7, 11) is 0. The predicted octanol–water partition coefficient (Wildman–Crippen LogP) is 4.27. The van der Waals surface area contributed by atoms with Gasteiger partial charge in [0.2, 0.25) is 5.91 Å². The first kappa shape index (κ1) is 21.8. The number of para-hydroxylation sites is 1. The van der Waals surface area contributed by atoms with Gasteiger partial charge in [-0.25, -0.2) is 4.98 Å². The van der Waals surface area contributed by atoms with Gasteiger partial charge in [-0.15, -0.1) is 0 Å². The third-order valence-electron chi connectivity index (χ3n) is 5.08. The fourth-order valence-electron chi connectivity index (χ4n) is 3.28. The van der Waals surface area contributed by atoms with Crippen molar-refractivity contribution in [2.75, 3.05) is 6.54 Å². The zero-order valence-electron chi connectivity index (χ0n) is 18.1. The molecule has 0 saturated heterocycles. The van der Waals surface area contributed by atoms with Gasteiger partial charge in [0.15, 0.2) is 0 Å². The lowest BCUT2D eigenvalue weighted by Crippen LogP contribution is -2.38. The fourth-order valence-corrected chi connectivity index (χ4v) is 3.28. The van der Waals surface area contributed by atoms with Crippen LogP contribution in [0.15, 0.2) is 97.6 Å². The summed E-state index contributed by atoms with van der Waals surface area (Å²) < 4.78 is 7.63. The SMILES string of the molecule is C[C@@H](NC(=O)CNC(=O)c1ccc(Oc2ccccc2)cc1)c1ccc(-n2ccnc2)cc1. The van der Waals surface area contributed by atoms with Crippen molar-refractivity contribution in [1.82, 2.24) is 20.2 Å². The summed E-state index contributed by atoms with van der Waals surface area (Å²) in [4.78, 5) is 28.7. The Morgan fingerprint density at radius 2 is 1.64 bits per heavy atom. The van der Waals surface area contributed by atoms with Gasteiger partial charge in [0.25, 0.3) is 5.91 Å². The third-order valence-corrected chi connectivity index (χ3v) is 5.08. The predicted molar refractivity (Wildman–Crippen MR) is 125 cm³/mol. The smallest absolute Gasteiger partial charge is 0.251 e. The highest BCUT2D eigenvalue weighted by atomic mass is 16.5. The Labute approximate surface area is 192 Å². The van der Waals surface area contributed by atoms with Crippen LogP contribution in [0.4, 0.5) is 0 Å². The average Bonchev–Trinajstić information content (AvgIpc) is 3.39. The largest absolute Gasteiger partial charge is 0.457 e. The van der Waals surface area contributed by atoms with Crippen LogP contribution in [0, 0.1) is 0 Å². The maximum absolute atomic E-state index is 12.4. The van der Waals surface area contributed by atoms with Crippen molar-refractivity contribution in [3.8, 4) is 17.2 Å². The number of aromatic nitrogens is 2. The van der Waals surface area contributed by atoms with E-state index < -0.39 is 0 Å². The summed E-state index contributed by atoms with van der Waals surface area (Å²) in [6, 6.07) is 23.8. The van der Waals surface area contributed by atoms with Gasteiger partial charge in [0.1, 0.15) is 11.5 Å². The zero-order chi connectivity index (χ0) is 23.0. The molecule has 1 atom stereocenters. The Morgan fingerprint density at radius 3 is 2.30 bits per heavy atom. The topological polar surface area (TPSA) is 85.3 Å². The zero-order valence-corrected chi connectivity index (χ0v) is 18.1. The van der Waals surface area contributed by atoms with E-state index in [1.54, 1.807) is 36.8 Å². The number of benzene rings is 3. The molecule has 3 aromatic carbocycles. The molecule has 2 amide bonds. The Morgan fingerprint density at radius 1 is 0.939 bits per heavy atom. The van der Waals surface area contributed by atoms with Crippen molar-refractivity contribution < 1.29 is 14.3 Å². The fraction of sp³-hybridized carbons (Fsp3) is 0.115. The van der Waals surface area contributed by atoms with Crippen LogP contribution in [-0.4, -0.2) is 27.9 Å². The number of carbonyl (C=O) groups is 2.